The Bertz CT molecular complexity index is 2600. The number of rotatable bonds is 7. The van der Waals surface area contributed by atoms with Crippen molar-refractivity contribution in [2.45, 2.75) is 45.3 Å². The van der Waals surface area contributed by atoms with Crippen molar-refractivity contribution in [2.24, 2.45) is 0 Å². The van der Waals surface area contributed by atoms with Crippen LogP contribution in [0.1, 0.15) is 44.0 Å². The zero-order chi connectivity index (χ0) is 38.1. The quantitative estimate of drug-likeness (QED) is 0.0785. The number of halogens is 1. The highest BCUT2D eigenvalue weighted by Crippen LogP contribution is 2.36. The van der Waals surface area contributed by atoms with E-state index in [9.17, 15) is 24.5 Å². The summed E-state index contributed by atoms with van der Waals surface area (Å²) in [6.45, 7) is 8.48. The number of aromatic amines is 1. The van der Waals surface area contributed by atoms with Gasteiger partial charge in [0.2, 0.25) is 5.43 Å². The second kappa shape index (κ2) is 13.2. The van der Waals surface area contributed by atoms with Crippen LogP contribution >= 0.6 is 0 Å². The van der Waals surface area contributed by atoms with Gasteiger partial charge in [-0.1, -0.05) is 0 Å². The number of nitro groups is 1. The van der Waals surface area contributed by atoms with Gasteiger partial charge in [-0.3, -0.25) is 19.7 Å². The number of nitrogens with zero attached hydrogens (tertiary/aromatic N) is 5. The topological polar surface area (TPSA) is 184 Å². The number of likely N-dealkylation sites (tertiary alicyclic amines) is 1. The lowest BCUT2D eigenvalue weighted by atomic mass is 10.1. The van der Waals surface area contributed by atoms with Gasteiger partial charge in [-0.2, -0.15) is 0 Å². The molecule has 0 bridgehead atoms. The number of alkyl carbamates (subject to hydrolysis) is 1. The number of ether oxygens (including phenoxy) is 1. The van der Waals surface area contributed by atoms with Gasteiger partial charge in [0.25, 0.3) is 11.6 Å². The molecule has 2 amide bonds. The SMILES string of the molecule is CN1CCCN1CCNc1c(F)cc2c(=O)c(C(=O)N3CC[C@H](NC(=O)OC(C)(C)C)C3)cn3c4cc5oc6cc([N+](=O)[O-])ccc6[nH]c5cc4oc1c23. The summed E-state index contributed by atoms with van der Waals surface area (Å²) < 4.78 is 35.7. The zero-order valence-corrected chi connectivity index (χ0v) is 30.2. The molecule has 0 saturated carbocycles. The number of hydrazine groups is 1. The molecule has 0 spiro atoms. The summed E-state index contributed by atoms with van der Waals surface area (Å²) in [6.07, 6.45) is 2.29. The van der Waals surface area contributed by atoms with Crippen LogP contribution < -0.4 is 16.1 Å². The number of fused-ring (bicyclic) bond motifs is 4. The zero-order valence-electron chi connectivity index (χ0n) is 30.2. The maximum absolute atomic E-state index is 16.2. The number of non-ortho nitro benzene ring substituents is 1. The Balaban J connectivity index is 1.26. The predicted molar refractivity (Wildman–Crippen MR) is 199 cm³/mol. The van der Waals surface area contributed by atoms with Crippen LogP contribution in [0.25, 0.3) is 49.8 Å². The molecule has 3 aromatic heterocycles. The number of aromatic nitrogens is 2. The summed E-state index contributed by atoms with van der Waals surface area (Å²) in [6, 6.07) is 8.23. The number of anilines is 1. The van der Waals surface area contributed by atoms with E-state index in [1.165, 1.54) is 29.3 Å². The van der Waals surface area contributed by atoms with Crippen LogP contribution in [0.15, 0.2) is 56.2 Å². The average molecular weight is 743 g/mol. The van der Waals surface area contributed by atoms with Crippen LogP contribution in [0.3, 0.4) is 0 Å². The minimum atomic E-state index is -0.721. The molecule has 0 unspecified atom stereocenters. The molecule has 0 aliphatic carbocycles. The van der Waals surface area contributed by atoms with E-state index in [4.69, 9.17) is 13.6 Å². The maximum Gasteiger partial charge on any atom is 0.407 e. The van der Waals surface area contributed by atoms with Crippen LogP contribution in [0.4, 0.5) is 20.6 Å². The van der Waals surface area contributed by atoms with Gasteiger partial charge in [-0.25, -0.2) is 19.2 Å². The van der Waals surface area contributed by atoms with Crippen molar-refractivity contribution in [3.63, 3.8) is 0 Å². The van der Waals surface area contributed by atoms with Crippen molar-refractivity contribution in [3.05, 3.63) is 74.3 Å². The maximum atomic E-state index is 16.2. The summed E-state index contributed by atoms with van der Waals surface area (Å²) in [5, 5.41) is 21.7. The van der Waals surface area contributed by atoms with E-state index in [-0.39, 0.29) is 57.7 Å². The average Bonchev–Trinajstić information content (AvgIpc) is 3.75. The van der Waals surface area contributed by atoms with Crippen molar-refractivity contribution >= 4 is 73.2 Å². The second-order valence-corrected chi connectivity index (χ2v) is 14.8. The number of nitrogens with one attached hydrogen (secondary N) is 3. The van der Waals surface area contributed by atoms with Crippen LogP contribution in [0, 0.1) is 15.9 Å². The fraction of sp³-hybridized carbons (Fsp3) is 0.378. The number of carbonyl (C=O) groups excluding carboxylic acids is 2. The molecule has 2 aliphatic heterocycles. The van der Waals surface area contributed by atoms with Crippen molar-refractivity contribution in [1.82, 2.24) is 29.6 Å². The van der Waals surface area contributed by atoms with Gasteiger partial charge in [0, 0.05) is 70.7 Å². The molecule has 5 heterocycles. The summed E-state index contributed by atoms with van der Waals surface area (Å²) >= 11 is 0. The molecule has 2 aliphatic rings. The molecule has 2 fully saturated rings. The molecular formula is C37H39FN8O8. The molecule has 8 rings (SSSR count). The Hall–Kier alpha value is -5.94. The summed E-state index contributed by atoms with van der Waals surface area (Å²) in [5.74, 6) is -1.30. The van der Waals surface area contributed by atoms with E-state index >= 15 is 4.39 Å². The number of benzene rings is 3. The first kappa shape index (κ1) is 35.1. The summed E-state index contributed by atoms with van der Waals surface area (Å²) in [7, 11) is 2.00. The molecule has 54 heavy (non-hydrogen) atoms. The fourth-order valence-corrected chi connectivity index (χ4v) is 7.31. The van der Waals surface area contributed by atoms with E-state index in [0.717, 1.165) is 25.6 Å². The Morgan fingerprint density at radius 1 is 1.07 bits per heavy atom. The lowest BCUT2D eigenvalue weighted by Gasteiger charge is -2.24. The predicted octanol–water partition coefficient (Wildman–Crippen LogP) is 5.74. The molecule has 0 radical (unpaired) electrons. The van der Waals surface area contributed by atoms with Crippen LogP contribution in [0.5, 0.6) is 0 Å². The third-order valence-electron chi connectivity index (χ3n) is 9.87. The van der Waals surface area contributed by atoms with Crippen LogP contribution in [-0.4, -0.2) is 99.2 Å². The van der Waals surface area contributed by atoms with Crippen molar-refractivity contribution in [1.29, 1.82) is 0 Å². The summed E-state index contributed by atoms with van der Waals surface area (Å²) in [5.41, 5.74) is 0.850. The van der Waals surface area contributed by atoms with Crippen molar-refractivity contribution < 1.29 is 32.5 Å². The van der Waals surface area contributed by atoms with E-state index in [0.29, 0.717) is 41.6 Å². The molecule has 6 aromatic rings. The number of H-pyrrole nitrogens is 1. The number of hydrogen-bond donors (Lipinski definition) is 3. The van der Waals surface area contributed by atoms with Gasteiger partial charge < -0.3 is 38.5 Å². The number of carbonyl (C=O) groups is 2. The molecule has 17 heteroatoms. The normalized spacial score (nSPS) is 17.1. The van der Waals surface area contributed by atoms with Gasteiger partial charge in [0.05, 0.1) is 39.0 Å². The first-order valence-corrected chi connectivity index (χ1v) is 17.7. The highest BCUT2D eigenvalue weighted by molar-refractivity contribution is 6.07. The molecule has 3 aromatic carbocycles. The first-order valence-electron chi connectivity index (χ1n) is 17.7. The van der Waals surface area contributed by atoms with Gasteiger partial charge in [0.15, 0.2) is 28.1 Å². The summed E-state index contributed by atoms with van der Waals surface area (Å²) in [4.78, 5) is 56.3. The molecule has 16 nitrogen and oxygen atoms in total. The van der Waals surface area contributed by atoms with Gasteiger partial charge in [-0.15, -0.1) is 0 Å². The van der Waals surface area contributed by atoms with Gasteiger partial charge >= 0.3 is 6.09 Å². The molecule has 2 saturated heterocycles. The Labute approximate surface area is 306 Å². The molecule has 3 N–H and O–H groups in total. The third-order valence-corrected chi connectivity index (χ3v) is 9.87. The Morgan fingerprint density at radius 3 is 2.61 bits per heavy atom. The minimum Gasteiger partial charge on any atom is -0.453 e. The molecular weight excluding hydrogens is 703 g/mol. The molecule has 1 atom stereocenters. The smallest absolute Gasteiger partial charge is 0.407 e. The second-order valence-electron chi connectivity index (χ2n) is 14.8. The number of hydrogen-bond acceptors (Lipinski definition) is 11. The lowest BCUT2D eigenvalue weighted by molar-refractivity contribution is -0.384. The number of nitro benzene ring substituents is 1. The minimum absolute atomic E-state index is 0.0656. The van der Waals surface area contributed by atoms with E-state index in [2.05, 4.69) is 25.6 Å². The third kappa shape index (κ3) is 6.38. The number of pyridine rings is 1. The van der Waals surface area contributed by atoms with Crippen LogP contribution in [-0.2, 0) is 4.74 Å². The van der Waals surface area contributed by atoms with Crippen molar-refractivity contribution in [2.75, 3.05) is 51.6 Å². The van der Waals surface area contributed by atoms with E-state index in [1.807, 2.05) is 7.05 Å². The largest absolute Gasteiger partial charge is 0.453 e. The highest BCUT2D eigenvalue weighted by atomic mass is 19.1. The Morgan fingerprint density at radius 2 is 1.87 bits per heavy atom. The van der Waals surface area contributed by atoms with Gasteiger partial charge in [-0.05, 0) is 45.7 Å². The van der Waals surface area contributed by atoms with E-state index in [1.54, 1.807) is 37.3 Å². The molecule has 282 valence electrons. The van der Waals surface area contributed by atoms with E-state index < -0.39 is 39.8 Å². The Kier molecular flexibility index (Phi) is 8.56. The monoisotopic (exact) mass is 742 g/mol. The number of amides is 2. The van der Waals surface area contributed by atoms with Gasteiger partial charge in [0.1, 0.15) is 22.4 Å². The standard InChI is InChI=1S/C37H39FN8O8/c1-37(2,3)54-36(49)40-20-8-12-43(18-20)35(48)23-19-45-27-17-29-26(41-25-7-6-21(46(50)51)14-28(25)52-29)16-30(27)53-34-31(24(38)15-22(32(34)45)33(23)47)39-9-13-44-11-5-10-42(44)4/h6-7,14-17,19-20,39,41H,5,8-13,18H2,1-4H3,(H,40,49)/t20-/m0/s1. The fourth-order valence-electron chi connectivity index (χ4n) is 7.31. The lowest BCUT2D eigenvalue weighted by Crippen LogP contribution is -2.41. The van der Waals surface area contributed by atoms with Crippen LogP contribution in [0.2, 0.25) is 0 Å². The first-order chi connectivity index (χ1) is 25.7. The highest BCUT2D eigenvalue weighted by Gasteiger charge is 2.32. The van der Waals surface area contributed by atoms with Crippen molar-refractivity contribution in [3.8, 4) is 0 Å².